The number of hydrogen-bond donors (Lipinski definition) is 0. The van der Waals surface area contributed by atoms with E-state index in [-0.39, 0.29) is 11.6 Å². The average Bonchev–Trinajstić information content (AvgIpc) is 3.47. The fourth-order valence-electron chi connectivity index (χ4n) is 10.8. The highest BCUT2D eigenvalue weighted by Gasteiger charge is 2.52. The molecule has 0 N–H and O–H groups in total. The Hall–Kier alpha value is -4.69. The van der Waals surface area contributed by atoms with Crippen molar-refractivity contribution < 1.29 is 0 Å². The lowest BCUT2D eigenvalue weighted by Crippen LogP contribution is -2.57. The monoisotopic (exact) mass is 620 g/mol. The van der Waals surface area contributed by atoms with Crippen molar-refractivity contribution in [3.63, 3.8) is 0 Å². The van der Waals surface area contributed by atoms with Crippen LogP contribution in [0.25, 0.3) is 0 Å². The van der Waals surface area contributed by atoms with Crippen molar-refractivity contribution in [2.45, 2.75) is 55.6 Å². The lowest BCUT2D eigenvalue weighted by molar-refractivity contribution is 0.203. The van der Waals surface area contributed by atoms with Gasteiger partial charge in [0.05, 0.1) is 17.6 Å². The smallest absolute Gasteiger partial charge is 0.133 e. The van der Waals surface area contributed by atoms with Gasteiger partial charge in [-0.25, -0.2) is 0 Å². The predicted molar refractivity (Wildman–Crippen MR) is 197 cm³/mol. The fourth-order valence-corrected chi connectivity index (χ4v) is 10.8. The maximum Gasteiger partial charge on any atom is 0.133 e. The molecule has 0 amide bonds. The van der Waals surface area contributed by atoms with Gasteiger partial charge in [0.25, 0.3) is 0 Å². The summed E-state index contributed by atoms with van der Waals surface area (Å²) in [6.45, 7) is 2.36. The van der Waals surface area contributed by atoms with Crippen LogP contribution in [-0.4, -0.2) is 28.4 Å². The molecule has 8 aliphatic carbocycles. The Morgan fingerprint density at radius 1 is 0.792 bits per heavy atom. The molecule has 0 aromatic heterocycles. The molecule has 2 nitrogen and oxygen atoms in total. The van der Waals surface area contributed by atoms with Crippen LogP contribution in [0.5, 0.6) is 0 Å². The molecular formula is C46H40N2. The molecule has 0 radical (unpaired) electrons. The minimum atomic E-state index is -0.134. The Balaban J connectivity index is 0.904. The van der Waals surface area contributed by atoms with Crippen molar-refractivity contribution in [3.05, 3.63) is 190 Å². The Kier molecular flexibility index (Phi) is 5.64. The average molecular weight is 621 g/mol. The third kappa shape index (κ3) is 3.61. The molecule has 1 aromatic rings. The molecule has 0 fully saturated rings. The Morgan fingerprint density at radius 3 is 2.65 bits per heavy atom. The molecule has 0 saturated heterocycles. The number of aliphatic imine (C=N–C) groups is 1. The number of hydrogen-bond acceptors (Lipinski definition) is 2. The van der Waals surface area contributed by atoms with Crippen molar-refractivity contribution >= 4 is 5.84 Å². The fraction of sp³-hybridized carbons (Fsp3) is 0.283. The third-order valence-electron chi connectivity index (χ3n) is 13.1. The van der Waals surface area contributed by atoms with Crippen molar-refractivity contribution in [3.8, 4) is 0 Å². The third-order valence-corrected chi connectivity index (χ3v) is 13.1. The van der Waals surface area contributed by atoms with E-state index in [2.05, 4.69) is 152 Å². The SMILES string of the molecule is C[C@]12C=CC=CC1N=C1c3cc(C4C=CC([C@@H]5C=CC6=C7C(=CCCC75)C5=CC=CC7=CC=CC6C75)=CC4)ccc3C3C=CC=CC3N12. The second-order valence-electron chi connectivity index (χ2n) is 15.4. The molecule has 2 heteroatoms. The summed E-state index contributed by atoms with van der Waals surface area (Å²) in [6.07, 6.45) is 50.9. The van der Waals surface area contributed by atoms with E-state index in [4.69, 9.17) is 4.99 Å². The van der Waals surface area contributed by atoms with Crippen LogP contribution in [0.3, 0.4) is 0 Å². The second-order valence-corrected chi connectivity index (χ2v) is 15.4. The van der Waals surface area contributed by atoms with E-state index in [1.165, 1.54) is 46.5 Å². The second kappa shape index (κ2) is 9.92. The van der Waals surface area contributed by atoms with Crippen LogP contribution in [0.15, 0.2) is 178 Å². The Labute approximate surface area is 284 Å². The number of amidine groups is 1. The van der Waals surface area contributed by atoms with E-state index in [9.17, 15) is 0 Å². The van der Waals surface area contributed by atoms with Crippen molar-refractivity contribution in [1.29, 1.82) is 0 Å². The van der Waals surface area contributed by atoms with Crippen LogP contribution in [0.1, 0.15) is 54.7 Å². The molecule has 234 valence electrons. The topological polar surface area (TPSA) is 15.6 Å². The first-order chi connectivity index (χ1) is 23.7. The molecule has 1 aromatic carbocycles. The highest BCUT2D eigenvalue weighted by atomic mass is 15.3. The minimum absolute atomic E-state index is 0.134. The number of rotatable bonds is 2. The first kappa shape index (κ1) is 27.3. The summed E-state index contributed by atoms with van der Waals surface area (Å²) >= 11 is 0. The maximum atomic E-state index is 5.39. The van der Waals surface area contributed by atoms with Gasteiger partial charge in [-0.05, 0) is 82.7 Å². The standard InChI is InChI=1S/C46H40N2/c1-46-26-5-4-17-42(46)47-45-40-27-31(22-23-33(40)34-11-2-3-16-41(34)48(45)46)28-18-20-29(21-19-28)32-24-25-39-37-13-7-10-30-9-6-12-36(43(30)37)38-15-8-14-35(32)44(38)39/h2-7,9-13,15-18,20-28,32,34-35,37,41-43H,8,14,19H2,1H3/t28?,32-,34?,35?,37?,41?,42?,43?,46-/m0/s1. The molecule has 2 aliphatic heterocycles. The minimum Gasteiger partial charge on any atom is -0.338 e. The molecule has 7 unspecified atom stereocenters. The van der Waals surface area contributed by atoms with Gasteiger partial charge in [0.15, 0.2) is 0 Å². The highest BCUT2D eigenvalue weighted by Crippen LogP contribution is 2.57. The van der Waals surface area contributed by atoms with Gasteiger partial charge >= 0.3 is 0 Å². The summed E-state index contributed by atoms with van der Waals surface area (Å²) in [5, 5.41) is 0. The van der Waals surface area contributed by atoms with E-state index >= 15 is 0 Å². The number of fused-ring (bicyclic) bond motifs is 10. The molecule has 11 rings (SSSR count). The molecule has 48 heavy (non-hydrogen) atoms. The Bertz CT molecular complexity index is 2120. The van der Waals surface area contributed by atoms with Crippen LogP contribution in [-0.2, 0) is 0 Å². The van der Waals surface area contributed by atoms with Crippen molar-refractivity contribution in [1.82, 2.24) is 4.90 Å². The predicted octanol–water partition coefficient (Wildman–Crippen LogP) is 9.62. The summed E-state index contributed by atoms with van der Waals surface area (Å²) in [5.41, 5.74) is 13.3. The zero-order chi connectivity index (χ0) is 31.6. The van der Waals surface area contributed by atoms with Gasteiger partial charge in [-0.2, -0.15) is 0 Å². The number of benzene rings is 1. The largest absolute Gasteiger partial charge is 0.338 e. The van der Waals surface area contributed by atoms with Gasteiger partial charge in [-0.15, -0.1) is 0 Å². The summed E-state index contributed by atoms with van der Waals surface area (Å²) in [5.74, 6) is 3.83. The van der Waals surface area contributed by atoms with E-state index < -0.39 is 0 Å². The molecule has 2 heterocycles. The number of allylic oxidation sites excluding steroid dienone is 22. The molecule has 0 saturated carbocycles. The van der Waals surface area contributed by atoms with Crippen molar-refractivity contribution in [2.24, 2.45) is 28.7 Å². The van der Waals surface area contributed by atoms with E-state index in [1.807, 2.05) is 0 Å². The number of nitrogens with zero attached hydrogens (tertiary/aromatic N) is 2. The summed E-state index contributed by atoms with van der Waals surface area (Å²) in [4.78, 5) is 8.00. The van der Waals surface area contributed by atoms with Gasteiger partial charge < -0.3 is 4.90 Å². The summed E-state index contributed by atoms with van der Waals surface area (Å²) < 4.78 is 0. The van der Waals surface area contributed by atoms with Gasteiger partial charge in [0.2, 0.25) is 0 Å². The molecule has 0 spiro atoms. The molecule has 0 bridgehead atoms. The quantitative estimate of drug-likeness (QED) is 0.322. The highest BCUT2D eigenvalue weighted by molar-refractivity contribution is 6.04. The lowest BCUT2D eigenvalue weighted by Gasteiger charge is -2.48. The van der Waals surface area contributed by atoms with Gasteiger partial charge in [-0.3, -0.25) is 4.99 Å². The zero-order valence-corrected chi connectivity index (χ0v) is 27.4. The lowest BCUT2D eigenvalue weighted by atomic mass is 9.57. The van der Waals surface area contributed by atoms with Gasteiger partial charge in [0.1, 0.15) is 5.84 Å². The molecule has 9 atom stereocenters. The molecule has 10 aliphatic rings. The van der Waals surface area contributed by atoms with Crippen molar-refractivity contribution in [2.75, 3.05) is 0 Å². The van der Waals surface area contributed by atoms with E-state index in [0.29, 0.717) is 41.5 Å². The van der Waals surface area contributed by atoms with Crippen LogP contribution in [0.2, 0.25) is 0 Å². The maximum absolute atomic E-state index is 5.39. The van der Waals surface area contributed by atoms with Crippen LogP contribution in [0.4, 0.5) is 0 Å². The van der Waals surface area contributed by atoms with Crippen LogP contribution in [0, 0.1) is 23.7 Å². The summed E-state index contributed by atoms with van der Waals surface area (Å²) in [6, 6.07) is 7.73. The van der Waals surface area contributed by atoms with Crippen LogP contribution < -0.4 is 0 Å². The van der Waals surface area contributed by atoms with E-state index in [0.717, 1.165) is 6.42 Å². The normalized spacial score (nSPS) is 38.2. The molecular weight excluding hydrogens is 581 g/mol. The Morgan fingerprint density at radius 2 is 1.71 bits per heavy atom. The van der Waals surface area contributed by atoms with Crippen LogP contribution >= 0.6 is 0 Å². The first-order valence-electron chi connectivity index (χ1n) is 18.2. The first-order valence-corrected chi connectivity index (χ1v) is 18.2. The van der Waals surface area contributed by atoms with E-state index in [1.54, 1.807) is 22.3 Å². The van der Waals surface area contributed by atoms with Gasteiger partial charge in [0, 0.05) is 35.2 Å². The summed E-state index contributed by atoms with van der Waals surface area (Å²) in [7, 11) is 0. The zero-order valence-electron chi connectivity index (χ0n) is 27.4. The van der Waals surface area contributed by atoms with Gasteiger partial charge in [-0.1, -0.05) is 134 Å².